The summed E-state index contributed by atoms with van der Waals surface area (Å²) in [6.45, 7) is 7.64. The molecule has 0 aromatic heterocycles. The Labute approximate surface area is 116 Å². The highest BCUT2D eigenvalue weighted by Crippen LogP contribution is 2.21. The second-order valence-corrected chi connectivity index (χ2v) is 6.79. The van der Waals surface area contributed by atoms with E-state index in [1.54, 1.807) is 0 Å². The molecule has 0 fully saturated rings. The Bertz CT molecular complexity index is 343. The van der Waals surface area contributed by atoms with Gasteiger partial charge in [0.05, 0.1) is 0 Å². The predicted octanol–water partition coefficient (Wildman–Crippen LogP) is 3.37. The smallest absolute Gasteiger partial charge is 0.374 e. The van der Waals surface area contributed by atoms with Gasteiger partial charge in [-0.3, -0.25) is 0 Å². The van der Waals surface area contributed by atoms with Gasteiger partial charge in [0, 0.05) is 30.8 Å². The van der Waals surface area contributed by atoms with Crippen LogP contribution in [0.15, 0.2) is 29.2 Å². The molecule has 1 aromatic rings. The van der Waals surface area contributed by atoms with Crippen molar-refractivity contribution in [3.05, 3.63) is 29.8 Å². The van der Waals surface area contributed by atoms with Gasteiger partial charge in [0.15, 0.2) is 0 Å². The van der Waals surface area contributed by atoms with Crippen molar-refractivity contribution in [2.45, 2.75) is 31.7 Å². The minimum atomic E-state index is -2.63. The minimum Gasteiger partial charge on any atom is -0.374 e. The van der Waals surface area contributed by atoms with Crippen LogP contribution in [-0.2, 0) is 19.3 Å². The van der Waals surface area contributed by atoms with E-state index < -0.39 is 8.80 Å². The van der Waals surface area contributed by atoms with Crippen molar-refractivity contribution in [1.82, 2.24) is 0 Å². The molecule has 0 amide bonds. The van der Waals surface area contributed by atoms with Gasteiger partial charge in [0.2, 0.25) is 0 Å². The summed E-state index contributed by atoms with van der Waals surface area (Å²) in [5.41, 5.74) is 1.06. The average molecular weight is 285 g/mol. The zero-order valence-electron chi connectivity index (χ0n) is 11.3. The SMILES string of the molecule is CCO[Si](Cc1ccccc1[S])(OCC)OCC. The maximum atomic E-state index is 5.82. The molecule has 0 N–H and O–H groups in total. The molecule has 0 bridgehead atoms. The topological polar surface area (TPSA) is 27.7 Å². The third-order valence-corrected chi connectivity index (χ3v) is 5.87. The molecule has 18 heavy (non-hydrogen) atoms. The first-order chi connectivity index (χ1) is 8.67. The van der Waals surface area contributed by atoms with Crippen molar-refractivity contribution in [2.24, 2.45) is 0 Å². The summed E-state index contributed by atoms with van der Waals surface area (Å²) in [5.74, 6) is 0. The van der Waals surface area contributed by atoms with E-state index in [1.807, 2.05) is 45.0 Å². The quantitative estimate of drug-likeness (QED) is 0.685. The second kappa shape index (κ2) is 7.86. The first-order valence-corrected chi connectivity index (χ1v) is 8.68. The lowest BCUT2D eigenvalue weighted by atomic mass is 10.2. The maximum Gasteiger partial charge on any atom is 0.505 e. The van der Waals surface area contributed by atoms with E-state index >= 15 is 0 Å². The van der Waals surface area contributed by atoms with Crippen molar-refractivity contribution in [1.29, 1.82) is 0 Å². The minimum absolute atomic E-state index is 0.589. The third kappa shape index (κ3) is 4.33. The zero-order chi connectivity index (χ0) is 13.4. The van der Waals surface area contributed by atoms with Crippen LogP contribution in [0.4, 0.5) is 0 Å². The fraction of sp³-hybridized carbons (Fsp3) is 0.538. The van der Waals surface area contributed by atoms with Crippen molar-refractivity contribution in [3.8, 4) is 0 Å². The molecule has 1 aromatic carbocycles. The summed E-state index contributed by atoms with van der Waals surface area (Å²) >= 11 is 5.33. The fourth-order valence-corrected chi connectivity index (χ4v) is 4.82. The largest absolute Gasteiger partial charge is 0.505 e. The standard InChI is InChI=1S/C13H21O3SSi/c1-4-14-18(15-5-2,16-6-3)11-12-9-7-8-10-13(12)17/h7-10H,4-6,11H2,1-3H3. The summed E-state index contributed by atoms with van der Waals surface area (Å²) in [6, 6.07) is 8.50. The van der Waals surface area contributed by atoms with Gasteiger partial charge in [-0.25, -0.2) is 0 Å². The Morgan fingerprint density at radius 1 is 0.944 bits per heavy atom. The van der Waals surface area contributed by atoms with Crippen molar-refractivity contribution >= 4 is 21.4 Å². The summed E-state index contributed by atoms with van der Waals surface area (Å²) < 4.78 is 17.5. The average Bonchev–Trinajstić information content (AvgIpc) is 2.33. The Morgan fingerprint density at radius 3 is 1.89 bits per heavy atom. The van der Waals surface area contributed by atoms with E-state index in [9.17, 15) is 0 Å². The van der Waals surface area contributed by atoms with Gasteiger partial charge in [-0.15, -0.1) is 0 Å². The van der Waals surface area contributed by atoms with Gasteiger partial charge in [0.25, 0.3) is 0 Å². The summed E-state index contributed by atoms with van der Waals surface area (Å²) in [6.07, 6.45) is 0. The van der Waals surface area contributed by atoms with Gasteiger partial charge in [-0.1, -0.05) is 30.8 Å². The van der Waals surface area contributed by atoms with Crippen LogP contribution < -0.4 is 0 Å². The summed E-state index contributed by atoms with van der Waals surface area (Å²) in [7, 11) is -2.63. The molecular formula is C13H21O3SSi. The molecule has 0 aliphatic heterocycles. The molecule has 0 heterocycles. The molecule has 101 valence electrons. The molecule has 0 unspecified atom stereocenters. The first-order valence-electron chi connectivity index (χ1n) is 6.34. The predicted molar refractivity (Wildman–Crippen MR) is 76.6 cm³/mol. The molecule has 1 rings (SSSR count). The van der Waals surface area contributed by atoms with Crippen molar-refractivity contribution in [2.75, 3.05) is 19.8 Å². The van der Waals surface area contributed by atoms with Crippen LogP contribution in [0.2, 0.25) is 0 Å². The van der Waals surface area contributed by atoms with Crippen LogP contribution in [0.1, 0.15) is 26.3 Å². The Kier molecular flexibility index (Phi) is 6.81. The molecule has 3 nitrogen and oxygen atoms in total. The highest BCUT2D eigenvalue weighted by atomic mass is 32.1. The molecule has 0 atom stereocenters. The lowest BCUT2D eigenvalue weighted by molar-refractivity contribution is 0.0702. The molecule has 1 radical (unpaired) electrons. The van der Waals surface area contributed by atoms with Gasteiger partial charge < -0.3 is 13.3 Å². The maximum absolute atomic E-state index is 5.82. The van der Waals surface area contributed by atoms with Crippen molar-refractivity contribution in [3.63, 3.8) is 0 Å². The molecule has 0 saturated carbocycles. The van der Waals surface area contributed by atoms with E-state index in [-0.39, 0.29) is 0 Å². The lowest BCUT2D eigenvalue weighted by Gasteiger charge is -2.28. The van der Waals surface area contributed by atoms with Gasteiger partial charge >= 0.3 is 8.80 Å². The highest BCUT2D eigenvalue weighted by molar-refractivity contribution is 7.80. The molecule has 0 aliphatic carbocycles. The zero-order valence-corrected chi connectivity index (χ0v) is 13.1. The van der Waals surface area contributed by atoms with Gasteiger partial charge in [-0.2, -0.15) is 0 Å². The van der Waals surface area contributed by atoms with Crippen LogP contribution in [0.5, 0.6) is 0 Å². The molecular weight excluding hydrogens is 264 g/mol. The monoisotopic (exact) mass is 285 g/mol. The molecule has 0 saturated heterocycles. The van der Waals surface area contributed by atoms with E-state index in [1.165, 1.54) is 0 Å². The highest BCUT2D eigenvalue weighted by Gasteiger charge is 2.41. The number of hydrogen-bond acceptors (Lipinski definition) is 3. The van der Waals surface area contributed by atoms with E-state index in [2.05, 4.69) is 0 Å². The van der Waals surface area contributed by atoms with Gasteiger partial charge in [-0.05, 0) is 32.4 Å². The number of hydrogen-bond donors (Lipinski definition) is 0. The van der Waals surface area contributed by atoms with Crippen LogP contribution in [0.3, 0.4) is 0 Å². The summed E-state index contributed by atoms with van der Waals surface area (Å²) in [5, 5.41) is 0. The third-order valence-electron chi connectivity index (χ3n) is 2.47. The normalized spacial score (nSPS) is 11.7. The van der Waals surface area contributed by atoms with Crippen LogP contribution in [0.25, 0.3) is 0 Å². The van der Waals surface area contributed by atoms with E-state index in [0.717, 1.165) is 10.5 Å². The van der Waals surface area contributed by atoms with Crippen LogP contribution in [-0.4, -0.2) is 28.6 Å². The molecule has 0 spiro atoms. The number of benzene rings is 1. The first kappa shape index (κ1) is 15.6. The van der Waals surface area contributed by atoms with Crippen molar-refractivity contribution < 1.29 is 13.3 Å². The summed E-state index contributed by atoms with van der Waals surface area (Å²) in [4.78, 5) is 0.841. The fourth-order valence-electron chi connectivity index (χ4n) is 1.82. The van der Waals surface area contributed by atoms with Gasteiger partial charge in [0.1, 0.15) is 0 Å². The Morgan fingerprint density at radius 2 is 1.44 bits per heavy atom. The number of rotatable bonds is 8. The Hall–Kier alpha value is -0.463. The van der Waals surface area contributed by atoms with E-state index in [0.29, 0.717) is 25.9 Å². The Balaban J connectivity index is 2.91. The van der Waals surface area contributed by atoms with Crippen LogP contribution in [0, 0.1) is 0 Å². The molecule has 5 heteroatoms. The second-order valence-electron chi connectivity index (χ2n) is 3.77. The molecule has 0 aliphatic rings. The lowest BCUT2D eigenvalue weighted by Crippen LogP contribution is -2.48. The van der Waals surface area contributed by atoms with Crippen LogP contribution >= 0.6 is 12.6 Å². The van der Waals surface area contributed by atoms with E-state index in [4.69, 9.17) is 25.9 Å².